The Bertz CT molecular complexity index is 1350. The standard InChI is InChI=1S/C26H22ClN5O2/c1-2-22-30-31-25-24(29-26(33)34-16-17-8-4-3-5-9-17)28-23(18-12-14-19(27)15-13-18)20-10-6-7-11-21(20)32(22)25/h3-15,24H,2,16H2,1H3,(H,29,33). The molecule has 0 radical (unpaired) electrons. The molecule has 2 heterocycles. The van der Waals surface area contributed by atoms with Crippen molar-refractivity contribution in [3.63, 3.8) is 0 Å². The van der Waals surface area contributed by atoms with E-state index in [4.69, 9.17) is 21.3 Å². The van der Waals surface area contributed by atoms with Gasteiger partial charge in [0.1, 0.15) is 12.4 Å². The highest BCUT2D eigenvalue weighted by Crippen LogP contribution is 2.30. The van der Waals surface area contributed by atoms with Gasteiger partial charge in [-0.15, -0.1) is 10.2 Å². The maximum Gasteiger partial charge on any atom is 0.409 e. The Hall–Kier alpha value is -3.97. The van der Waals surface area contributed by atoms with E-state index in [1.165, 1.54) is 0 Å². The van der Waals surface area contributed by atoms with Crippen molar-refractivity contribution >= 4 is 23.4 Å². The molecule has 0 saturated carbocycles. The molecule has 1 aliphatic rings. The van der Waals surface area contributed by atoms with E-state index in [1.807, 2.05) is 90.4 Å². The highest BCUT2D eigenvalue weighted by molar-refractivity contribution is 6.30. The van der Waals surface area contributed by atoms with E-state index < -0.39 is 12.3 Å². The first kappa shape index (κ1) is 21.9. The Morgan fingerprint density at radius 2 is 1.74 bits per heavy atom. The largest absolute Gasteiger partial charge is 0.445 e. The second-order valence-corrected chi connectivity index (χ2v) is 8.21. The number of ether oxygens (including phenoxy) is 1. The molecule has 1 aromatic heterocycles. The van der Waals surface area contributed by atoms with Crippen LogP contribution in [-0.2, 0) is 17.8 Å². The van der Waals surface area contributed by atoms with Crippen LogP contribution >= 0.6 is 11.6 Å². The van der Waals surface area contributed by atoms with E-state index in [9.17, 15) is 4.79 Å². The van der Waals surface area contributed by atoms with Crippen LogP contribution in [0.3, 0.4) is 0 Å². The van der Waals surface area contributed by atoms with Crippen LogP contribution in [0.15, 0.2) is 83.9 Å². The highest BCUT2D eigenvalue weighted by Gasteiger charge is 2.29. The van der Waals surface area contributed by atoms with E-state index in [-0.39, 0.29) is 6.61 Å². The van der Waals surface area contributed by atoms with Gasteiger partial charge in [-0.1, -0.05) is 79.2 Å². The van der Waals surface area contributed by atoms with Gasteiger partial charge >= 0.3 is 6.09 Å². The molecule has 3 aromatic carbocycles. The average Bonchev–Trinajstić information content (AvgIpc) is 3.25. The molecule has 1 amide bonds. The third kappa shape index (κ3) is 4.30. The van der Waals surface area contributed by atoms with Gasteiger partial charge in [0.2, 0.25) is 0 Å². The summed E-state index contributed by atoms with van der Waals surface area (Å²) >= 11 is 6.13. The third-order valence-electron chi connectivity index (χ3n) is 5.56. The van der Waals surface area contributed by atoms with E-state index in [0.717, 1.165) is 28.2 Å². The summed E-state index contributed by atoms with van der Waals surface area (Å²) in [6.07, 6.45) is -0.719. The molecule has 0 spiro atoms. The van der Waals surface area contributed by atoms with Crippen LogP contribution < -0.4 is 5.32 Å². The van der Waals surface area contributed by atoms with E-state index in [1.54, 1.807) is 0 Å². The number of para-hydroxylation sites is 1. The molecular formula is C26H22ClN5O2. The summed E-state index contributed by atoms with van der Waals surface area (Å²) < 4.78 is 7.42. The summed E-state index contributed by atoms with van der Waals surface area (Å²) in [6.45, 7) is 2.17. The van der Waals surface area contributed by atoms with Crippen molar-refractivity contribution in [3.8, 4) is 5.69 Å². The second-order valence-electron chi connectivity index (χ2n) is 7.77. The first-order valence-electron chi connectivity index (χ1n) is 11.0. The molecule has 1 aliphatic heterocycles. The van der Waals surface area contributed by atoms with Gasteiger partial charge < -0.3 is 4.74 Å². The Kier molecular flexibility index (Phi) is 6.10. The maximum absolute atomic E-state index is 12.8. The zero-order chi connectivity index (χ0) is 23.5. The predicted octanol–water partition coefficient (Wildman–Crippen LogP) is 5.26. The fraction of sp³-hybridized carbons (Fsp3) is 0.154. The number of aromatic nitrogens is 3. The number of hydrogen-bond donors (Lipinski definition) is 1. The second kappa shape index (κ2) is 9.49. The molecule has 0 saturated heterocycles. The quantitative estimate of drug-likeness (QED) is 0.430. The zero-order valence-corrected chi connectivity index (χ0v) is 19.2. The summed E-state index contributed by atoms with van der Waals surface area (Å²) in [5.74, 6) is 1.30. The number of carbonyl (C=O) groups is 1. The molecule has 170 valence electrons. The van der Waals surface area contributed by atoms with E-state index in [2.05, 4.69) is 15.5 Å². The van der Waals surface area contributed by atoms with Gasteiger partial charge in [0.05, 0.1) is 11.4 Å². The molecule has 0 aliphatic carbocycles. The molecule has 8 heteroatoms. The van der Waals surface area contributed by atoms with Gasteiger partial charge in [-0.05, 0) is 23.8 Å². The van der Waals surface area contributed by atoms with E-state index >= 15 is 0 Å². The highest BCUT2D eigenvalue weighted by atomic mass is 35.5. The van der Waals surface area contributed by atoms with Crippen molar-refractivity contribution < 1.29 is 9.53 Å². The van der Waals surface area contributed by atoms with Gasteiger partial charge in [0.25, 0.3) is 0 Å². The summed E-state index contributed by atoms with van der Waals surface area (Å²) in [4.78, 5) is 17.7. The molecule has 0 bridgehead atoms. The lowest BCUT2D eigenvalue weighted by Crippen LogP contribution is -2.30. The van der Waals surface area contributed by atoms with Crippen LogP contribution in [0.5, 0.6) is 0 Å². The van der Waals surface area contributed by atoms with Crippen LogP contribution in [0, 0.1) is 0 Å². The van der Waals surface area contributed by atoms with Crippen LogP contribution in [0.4, 0.5) is 4.79 Å². The molecule has 1 atom stereocenters. The number of halogens is 1. The average molecular weight is 472 g/mol. The van der Waals surface area contributed by atoms with Gasteiger partial charge in [-0.3, -0.25) is 14.9 Å². The fourth-order valence-electron chi connectivity index (χ4n) is 3.94. The Labute approximate surface area is 202 Å². The van der Waals surface area contributed by atoms with Crippen LogP contribution in [-0.4, -0.2) is 26.6 Å². The SMILES string of the molecule is CCc1nnc2n1-c1ccccc1C(c1ccc(Cl)cc1)=NC2NC(=O)OCc1ccccc1. The minimum absolute atomic E-state index is 0.153. The molecule has 1 N–H and O–H groups in total. The van der Waals surface area contributed by atoms with Crippen LogP contribution in [0.1, 0.15) is 41.4 Å². The van der Waals surface area contributed by atoms with Crippen LogP contribution in [0.2, 0.25) is 5.02 Å². The number of nitrogens with one attached hydrogen (secondary N) is 1. The van der Waals surface area contributed by atoms with Gasteiger partial charge in [-0.2, -0.15) is 0 Å². The zero-order valence-electron chi connectivity index (χ0n) is 18.5. The number of benzene rings is 3. The number of carbonyl (C=O) groups excluding carboxylic acids is 1. The maximum atomic E-state index is 12.8. The number of amides is 1. The number of aryl methyl sites for hydroxylation is 1. The van der Waals surface area contributed by atoms with Crippen molar-refractivity contribution in [2.24, 2.45) is 4.99 Å². The lowest BCUT2D eigenvalue weighted by Gasteiger charge is -2.15. The number of hydrogen-bond acceptors (Lipinski definition) is 5. The Morgan fingerprint density at radius 1 is 1.00 bits per heavy atom. The number of nitrogens with zero attached hydrogens (tertiary/aromatic N) is 4. The summed E-state index contributed by atoms with van der Waals surface area (Å²) in [6, 6.07) is 24.9. The molecule has 34 heavy (non-hydrogen) atoms. The number of aliphatic imine (C=N–C) groups is 1. The topological polar surface area (TPSA) is 81.4 Å². The number of rotatable bonds is 5. The normalized spacial score (nSPS) is 14.4. The summed E-state index contributed by atoms with van der Waals surface area (Å²) in [5.41, 5.74) is 4.29. The molecule has 1 unspecified atom stereocenters. The van der Waals surface area contributed by atoms with Crippen molar-refractivity contribution in [1.29, 1.82) is 0 Å². The monoisotopic (exact) mass is 471 g/mol. The van der Waals surface area contributed by atoms with Crippen molar-refractivity contribution in [2.75, 3.05) is 0 Å². The van der Waals surface area contributed by atoms with Gasteiger partial charge in [-0.25, -0.2) is 4.79 Å². The molecular weight excluding hydrogens is 450 g/mol. The predicted molar refractivity (Wildman–Crippen MR) is 130 cm³/mol. The Morgan fingerprint density at radius 3 is 2.50 bits per heavy atom. The van der Waals surface area contributed by atoms with E-state index in [0.29, 0.717) is 23.0 Å². The van der Waals surface area contributed by atoms with Gasteiger partial charge in [0.15, 0.2) is 12.0 Å². The van der Waals surface area contributed by atoms with Crippen LogP contribution in [0.25, 0.3) is 5.69 Å². The first-order valence-corrected chi connectivity index (χ1v) is 11.4. The fourth-order valence-corrected chi connectivity index (χ4v) is 4.06. The van der Waals surface area contributed by atoms with Crippen molar-refractivity contribution in [3.05, 3.63) is 112 Å². The summed E-state index contributed by atoms with van der Waals surface area (Å²) in [7, 11) is 0. The van der Waals surface area contributed by atoms with Gasteiger partial charge in [0, 0.05) is 22.6 Å². The molecule has 4 aromatic rings. The summed E-state index contributed by atoms with van der Waals surface area (Å²) in [5, 5.41) is 12.3. The third-order valence-corrected chi connectivity index (χ3v) is 5.81. The van der Waals surface area contributed by atoms with Crippen molar-refractivity contribution in [2.45, 2.75) is 26.1 Å². The molecule has 7 nitrogen and oxygen atoms in total. The Balaban J connectivity index is 1.55. The lowest BCUT2D eigenvalue weighted by atomic mass is 10.0. The lowest BCUT2D eigenvalue weighted by molar-refractivity contribution is 0.135. The molecule has 5 rings (SSSR count). The number of alkyl carbamates (subject to hydrolysis) is 1. The smallest absolute Gasteiger partial charge is 0.409 e. The molecule has 0 fully saturated rings. The first-order chi connectivity index (χ1) is 16.6. The minimum atomic E-state index is -0.797. The number of fused-ring (bicyclic) bond motifs is 3. The minimum Gasteiger partial charge on any atom is -0.445 e. The van der Waals surface area contributed by atoms with Crippen molar-refractivity contribution in [1.82, 2.24) is 20.1 Å².